The van der Waals surface area contributed by atoms with E-state index in [4.69, 9.17) is 4.74 Å². The number of ether oxygens (including phenoxy) is 1. The minimum atomic E-state index is -1.18. The minimum absolute atomic E-state index is 0.267. The highest BCUT2D eigenvalue weighted by atomic mass is 32.1. The Hall–Kier alpha value is -1.89. The van der Waals surface area contributed by atoms with Crippen LogP contribution in [0.5, 0.6) is 0 Å². The van der Waals surface area contributed by atoms with E-state index < -0.39 is 23.8 Å². The van der Waals surface area contributed by atoms with Crippen molar-refractivity contribution < 1.29 is 24.2 Å². The lowest BCUT2D eigenvalue weighted by atomic mass is 9.79. The summed E-state index contributed by atoms with van der Waals surface area (Å²) in [7, 11) is 0. The molecule has 1 amide bonds. The number of carbonyl (C=O) groups excluding carboxylic acids is 3. The lowest BCUT2D eigenvalue weighted by Gasteiger charge is -2.31. The number of hydrogen-bond acceptors (Lipinski definition) is 6. The highest BCUT2D eigenvalue weighted by Gasteiger charge is 2.33. The van der Waals surface area contributed by atoms with Gasteiger partial charge in [0.2, 0.25) is 5.91 Å². The van der Waals surface area contributed by atoms with Crippen molar-refractivity contribution in [3.05, 3.63) is 16.0 Å². The number of esters is 1. The fourth-order valence-corrected chi connectivity index (χ4v) is 4.65. The number of anilines is 1. The standard InChI is InChI=1S/C19H27NO5S/c1-5-12-11(4)26-17(15(12)19(24)25-10(2)3)20-16(21)13-8-6-7-9-14(13)18(22)23/h10,13-14H,5-9H2,1-4H3,(H,20,21)(H,22,23)/p-1/t13-,14-/m0/s1. The minimum Gasteiger partial charge on any atom is -0.550 e. The van der Waals surface area contributed by atoms with Crippen molar-refractivity contribution in [2.75, 3.05) is 5.32 Å². The predicted octanol–water partition coefficient (Wildman–Crippen LogP) is 2.68. The molecule has 1 aromatic rings. The third-order valence-electron chi connectivity index (χ3n) is 4.75. The Morgan fingerprint density at radius 1 is 1.23 bits per heavy atom. The van der Waals surface area contributed by atoms with E-state index in [2.05, 4.69) is 5.32 Å². The predicted molar refractivity (Wildman–Crippen MR) is 98.1 cm³/mol. The van der Waals surface area contributed by atoms with Crippen LogP contribution in [0, 0.1) is 18.8 Å². The molecule has 0 bridgehead atoms. The van der Waals surface area contributed by atoms with Gasteiger partial charge in [-0.15, -0.1) is 11.3 Å². The smallest absolute Gasteiger partial charge is 0.341 e. The second kappa shape index (κ2) is 8.66. The lowest BCUT2D eigenvalue weighted by molar-refractivity contribution is -0.313. The van der Waals surface area contributed by atoms with E-state index in [9.17, 15) is 19.5 Å². The van der Waals surface area contributed by atoms with Gasteiger partial charge < -0.3 is 20.0 Å². The first-order valence-corrected chi connectivity index (χ1v) is 9.92. The Labute approximate surface area is 157 Å². The average Bonchev–Trinajstić information content (AvgIpc) is 2.89. The van der Waals surface area contributed by atoms with E-state index in [1.165, 1.54) is 11.3 Å². The Kier molecular flexibility index (Phi) is 6.81. The van der Waals surface area contributed by atoms with Gasteiger partial charge >= 0.3 is 5.97 Å². The number of aliphatic carboxylic acids is 1. The molecule has 6 nitrogen and oxygen atoms in total. The van der Waals surface area contributed by atoms with Crippen molar-refractivity contribution in [2.24, 2.45) is 11.8 Å². The summed E-state index contributed by atoms with van der Waals surface area (Å²) in [5.74, 6) is -3.41. The molecule has 0 aromatic carbocycles. The van der Waals surface area contributed by atoms with Crippen LogP contribution in [0.2, 0.25) is 0 Å². The first-order chi connectivity index (χ1) is 12.3. The molecule has 0 saturated heterocycles. The molecule has 144 valence electrons. The van der Waals surface area contributed by atoms with Crippen LogP contribution in [0.15, 0.2) is 0 Å². The summed E-state index contributed by atoms with van der Waals surface area (Å²) in [5.41, 5.74) is 1.24. The largest absolute Gasteiger partial charge is 0.550 e. The van der Waals surface area contributed by atoms with Crippen LogP contribution < -0.4 is 10.4 Å². The van der Waals surface area contributed by atoms with Gasteiger partial charge in [-0.25, -0.2) is 4.79 Å². The zero-order chi connectivity index (χ0) is 19.4. The molecule has 7 heteroatoms. The fourth-order valence-electron chi connectivity index (χ4n) is 3.51. The van der Waals surface area contributed by atoms with Crippen molar-refractivity contribution in [1.29, 1.82) is 0 Å². The van der Waals surface area contributed by atoms with Gasteiger partial charge in [-0.2, -0.15) is 0 Å². The summed E-state index contributed by atoms with van der Waals surface area (Å²) < 4.78 is 5.33. The molecule has 0 radical (unpaired) electrons. The number of hydrogen-bond donors (Lipinski definition) is 1. The number of amides is 1. The summed E-state index contributed by atoms with van der Waals surface area (Å²) in [5, 5.41) is 14.6. The summed E-state index contributed by atoms with van der Waals surface area (Å²) in [6, 6.07) is 0. The first-order valence-electron chi connectivity index (χ1n) is 9.11. The zero-order valence-electron chi connectivity index (χ0n) is 15.7. The number of carboxylic acid groups (broad SMARTS) is 1. The van der Waals surface area contributed by atoms with E-state index >= 15 is 0 Å². The maximum Gasteiger partial charge on any atom is 0.341 e. The van der Waals surface area contributed by atoms with Gasteiger partial charge in [0.15, 0.2) is 0 Å². The second-order valence-electron chi connectivity index (χ2n) is 6.95. The lowest BCUT2D eigenvalue weighted by Crippen LogP contribution is -2.42. The quantitative estimate of drug-likeness (QED) is 0.766. The number of thiophene rings is 1. The fraction of sp³-hybridized carbons (Fsp3) is 0.632. The van der Waals surface area contributed by atoms with Gasteiger partial charge in [0.25, 0.3) is 0 Å². The van der Waals surface area contributed by atoms with Crippen molar-refractivity contribution in [3.8, 4) is 0 Å². The number of aryl methyl sites for hydroxylation is 1. The molecule has 1 aliphatic rings. The molecule has 1 saturated carbocycles. The molecule has 2 atom stereocenters. The Balaban J connectivity index is 2.29. The maximum atomic E-state index is 12.7. The van der Waals surface area contributed by atoms with Gasteiger partial charge in [0.1, 0.15) is 5.00 Å². The van der Waals surface area contributed by atoms with Crippen LogP contribution in [-0.4, -0.2) is 23.9 Å². The molecule has 0 aliphatic heterocycles. The molecule has 1 fully saturated rings. The highest BCUT2D eigenvalue weighted by Crippen LogP contribution is 2.36. The van der Waals surface area contributed by atoms with Gasteiger partial charge in [-0.3, -0.25) is 4.79 Å². The molecule has 2 rings (SSSR count). The van der Waals surface area contributed by atoms with Crippen LogP contribution >= 0.6 is 11.3 Å². The SMILES string of the molecule is CCc1c(C)sc(NC(=O)[C@H]2CCCC[C@@H]2C(=O)[O-])c1C(=O)OC(C)C. The molecule has 0 unspecified atom stereocenters. The van der Waals surface area contributed by atoms with Crippen LogP contribution in [0.1, 0.15) is 67.3 Å². The summed E-state index contributed by atoms with van der Waals surface area (Å²) in [6.45, 7) is 7.39. The van der Waals surface area contributed by atoms with Crippen molar-refractivity contribution in [3.63, 3.8) is 0 Å². The van der Waals surface area contributed by atoms with E-state index in [0.717, 1.165) is 23.3 Å². The Morgan fingerprint density at radius 3 is 2.38 bits per heavy atom. The molecule has 1 aromatic heterocycles. The van der Waals surface area contributed by atoms with Crippen molar-refractivity contribution >= 4 is 34.2 Å². The van der Waals surface area contributed by atoms with E-state index in [1.807, 2.05) is 13.8 Å². The van der Waals surface area contributed by atoms with Crippen molar-refractivity contribution in [1.82, 2.24) is 0 Å². The normalized spacial score (nSPS) is 20.0. The van der Waals surface area contributed by atoms with Crippen LogP contribution in [0.25, 0.3) is 0 Å². The maximum absolute atomic E-state index is 12.7. The number of rotatable bonds is 6. The van der Waals surface area contributed by atoms with Gasteiger partial charge in [-0.05, 0) is 45.6 Å². The van der Waals surface area contributed by atoms with Crippen LogP contribution in [0.4, 0.5) is 5.00 Å². The van der Waals surface area contributed by atoms with E-state index in [-0.39, 0.29) is 12.0 Å². The molecular weight excluding hydrogens is 354 g/mol. The summed E-state index contributed by atoms with van der Waals surface area (Å²) in [4.78, 5) is 37.6. The first kappa shape index (κ1) is 20.4. The van der Waals surface area contributed by atoms with Gasteiger partial charge in [0.05, 0.1) is 11.7 Å². The monoisotopic (exact) mass is 380 g/mol. The highest BCUT2D eigenvalue weighted by molar-refractivity contribution is 7.16. The molecule has 1 N–H and O–H groups in total. The van der Waals surface area contributed by atoms with E-state index in [1.54, 1.807) is 13.8 Å². The van der Waals surface area contributed by atoms with Crippen LogP contribution in [0.3, 0.4) is 0 Å². The zero-order valence-corrected chi connectivity index (χ0v) is 16.5. The number of carbonyl (C=O) groups is 3. The van der Waals surface area contributed by atoms with Gasteiger partial charge in [0, 0.05) is 22.7 Å². The average molecular weight is 380 g/mol. The Bertz CT molecular complexity index is 694. The van der Waals surface area contributed by atoms with Crippen LogP contribution in [-0.2, 0) is 20.7 Å². The third kappa shape index (κ3) is 4.44. The summed E-state index contributed by atoms with van der Waals surface area (Å²) >= 11 is 1.33. The molecule has 1 heterocycles. The topological polar surface area (TPSA) is 95.5 Å². The van der Waals surface area contributed by atoms with Crippen molar-refractivity contribution in [2.45, 2.75) is 65.9 Å². The number of nitrogens with one attached hydrogen (secondary N) is 1. The third-order valence-corrected chi connectivity index (χ3v) is 5.81. The summed E-state index contributed by atoms with van der Waals surface area (Å²) in [6.07, 6.45) is 2.94. The van der Waals surface area contributed by atoms with Gasteiger partial charge in [-0.1, -0.05) is 19.8 Å². The molecule has 0 spiro atoms. The van der Waals surface area contributed by atoms with E-state index in [0.29, 0.717) is 29.8 Å². The Morgan fingerprint density at radius 2 is 1.85 bits per heavy atom. The molecule has 26 heavy (non-hydrogen) atoms. The molecule has 1 aliphatic carbocycles. The number of carboxylic acids is 1. The second-order valence-corrected chi connectivity index (χ2v) is 8.18. The molecular formula is C19H26NO5S-.